The SMILES string of the molecule is CC(C)(C)OC(=O)C1CCCCCN(C(=O)OC(C)(C)C)NNN(C(=O)OC(C)(C)C)CC1. The molecule has 2 amide bonds. The number of nitrogens with zero attached hydrogens (tertiary/aromatic N) is 2. The molecule has 1 heterocycles. The normalized spacial score (nSPS) is 19.7. The molecular weight excluding hydrogens is 428 g/mol. The van der Waals surface area contributed by atoms with Gasteiger partial charge in [-0.05, 0) is 81.6 Å². The summed E-state index contributed by atoms with van der Waals surface area (Å²) in [6.45, 7) is 16.7. The number of carbonyl (C=O) groups excluding carboxylic acids is 3. The molecule has 0 aliphatic carbocycles. The minimum atomic E-state index is -0.710. The van der Waals surface area contributed by atoms with Gasteiger partial charge < -0.3 is 14.2 Å². The van der Waals surface area contributed by atoms with Crippen molar-refractivity contribution in [3.8, 4) is 0 Å². The fraction of sp³-hybridized carbons (Fsp3) is 0.870. The maximum atomic E-state index is 12.8. The first-order chi connectivity index (χ1) is 15.0. The zero-order valence-corrected chi connectivity index (χ0v) is 21.9. The van der Waals surface area contributed by atoms with Crippen molar-refractivity contribution in [2.45, 2.75) is 111 Å². The van der Waals surface area contributed by atoms with E-state index in [0.717, 1.165) is 12.8 Å². The second-order valence-electron chi connectivity index (χ2n) is 11.4. The number of rotatable bonds is 1. The molecule has 10 heteroatoms. The summed E-state index contributed by atoms with van der Waals surface area (Å²) >= 11 is 0. The highest BCUT2D eigenvalue weighted by Crippen LogP contribution is 2.21. The van der Waals surface area contributed by atoms with Crippen molar-refractivity contribution in [2.75, 3.05) is 13.1 Å². The van der Waals surface area contributed by atoms with E-state index >= 15 is 0 Å². The monoisotopic (exact) mass is 472 g/mol. The maximum absolute atomic E-state index is 12.8. The van der Waals surface area contributed by atoms with E-state index < -0.39 is 29.0 Å². The number of carbonyl (C=O) groups is 3. The Kier molecular flexibility index (Phi) is 10.4. The van der Waals surface area contributed by atoms with E-state index in [1.807, 2.05) is 20.8 Å². The molecule has 0 saturated carbocycles. The molecule has 0 spiro atoms. The second-order valence-corrected chi connectivity index (χ2v) is 11.4. The first kappa shape index (κ1) is 29.0. The Morgan fingerprint density at radius 3 is 1.55 bits per heavy atom. The smallest absolute Gasteiger partial charge is 0.425 e. The average Bonchev–Trinajstić information content (AvgIpc) is 2.57. The summed E-state index contributed by atoms with van der Waals surface area (Å²) in [6.07, 6.45) is 2.16. The van der Waals surface area contributed by atoms with E-state index in [4.69, 9.17) is 14.2 Å². The van der Waals surface area contributed by atoms with Crippen LogP contribution in [0.1, 0.15) is 94.4 Å². The molecular formula is C23H44N4O6. The van der Waals surface area contributed by atoms with Crippen molar-refractivity contribution in [2.24, 2.45) is 5.92 Å². The minimum absolute atomic E-state index is 0.175. The van der Waals surface area contributed by atoms with Gasteiger partial charge in [-0.3, -0.25) is 4.79 Å². The van der Waals surface area contributed by atoms with E-state index in [1.54, 1.807) is 41.5 Å². The summed E-state index contributed by atoms with van der Waals surface area (Å²) < 4.78 is 16.5. The zero-order valence-electron chi connectivity index (χ0n) is 21.9. The van der Waals surface area contributed by atoms with Crippen molar-refractivity contribution in [3.05, 3.63) is 0 Å². The van der Waals surface area contributed by atoms with E-state index in [9.17, 15) is 14.4 Å². The van der Waals surface area contributed by atoms with Crippen LogP contribution in [0.2, 0.25) is 0 Å². The van der Waals surface area contributed by atoms with Gasteiger partial charge >= 0.3 is 18.2 Å². The predicted octanol–water partition coefficient (Wildman–Crippen LogP) is 4.31. The van der Waals surface area contributed by atoms with Gasteiger partial charge in [0.05, 0.1) is 5.92 Å². The van der Waals surface area contributed by atoms with Crippen LogP contribution in [0.4, 0.5) is 9.59 Å². The van der Waals surface area contributed by atoms with Gasteiger partial charge in [0, 0.05) is 13.1 Å². The Morgan fingerprint density at radius 1 is 0.636 bits per heavy atom. The third-order valence-corrected chi connectivity index (χ3v) is 4.42. The van der Waals surface area contributed by atoms with Crippen molar-refractivity contribution >= 4 is 18.2 Å². The van der Waals surface area contributed by atoms with Gasteiger partial charge in [0.1, 0.15) is 16.8 Å². The molecule has 192 valence electrons. The van der Waals surface area contributed by atoms with Crippen LogP contribution in [0.3, 0.4) is 0 Å². The fourth-order valence-electron chi connectivity index (χ4n) is 3.03. The van der Waals surface area contributed by atoms with Crippen LogP contribution < -0.4 is 11.1 Å². The van der Waals surface area contributed by atoms with Gasteiger partial charge in [-0.2, -0.15) is 0 Å². The number of ether oxygens (including phenoxy) is 3. The first-order valence-corrected chi connectivity index (χ1v) is 11.7. The number of hydrazine groups is 3. The van der Waals surface area contributed by atoms with Crippen molar-refractivity contribution in [1.82, 2.24) is 21.1 Å². The molecule has 0 radical (unpaired) electrons. The number of amides is 2. The molecule has 1 atom stereocenters. The second kappa shape index (κ2) is 11.9. The average molecular weight is 473 g/mol. The van der Waals surface area contributed by atoms with Crippen molar-refractivity contribution in [1.29, 1.82) is 0 Å². The molecule has 0 aromatic heterocycles. The Morgan fingerprint density at radius 2 is 1.09 bits per heavy atom. The van der Waals surface area contributed by atoms with Crippen LogP contribution in [-0.4, -0.2) is 58.1 Å². The predicted molar refractivity (Wildman–Crippen MR) is 125 cm³/mol. The molecule has 33 heavy (non-hydrogen) atoms. The molecule has 1 aliphatic heterocycles. The number of hydrogen-bond acceptors (Lipinski definition) is 8. The van der Waals surface area contributed by atoms with E-state index in [2.05, 4.69) is 11.1 Å². The summed E-state index contributed by atoms with van der Waals surface area (Å²) in [5.74, 6) is -0.621. The van der Waals surface area contributed by atoms with E-state index in [-0.39, 0.29) is 18.4 Å². The third kappa shape index (κ3) is 12.7. The molecule has 1 unspecified atom stereocenters. The van der Waals surface area contributed by atoms with E-state index in [0.29, 0.717) is 25.8 Å². The lowest BCUT2D eigenvalue weighted by Gasteiger charge is -2.33. The molecule has 1 aliphatic rings. The summed E-state index contributed by atoms with van der Waals surface area (Å²) in [5, 5.41) is 2.52. The third-order valence-electron chi connectivity index (χ3n) is 4.42. The lowest BCUT2D eigenvalue weighted by Crippen LogP contribution is -2.60. The lowest BCUT2D eigenvalue weighted by atomic mass is 9.97. The minimum Gasteiger partial charge on any atom is -0.460 e. The van der Waals surface area contributed by atoms with Crippen molar-refractivity contribution in [3.63, 3.8) is 0 Å². The molecule has 10 nitrogen and oxygen atoms in total. The van der Waals surface area contributed by atoms with Crippen LogP contribution in [-0.2, 0) is 19.0 Å². The number of nitrogens with one attached hydrogen (secondary N) is 2. The molecule has 1 fully saturated rings. The molecule has 2 N–H and O–H groups in total. The van der Waals surface area contributed by atoms with E-state index in [1.165, 1.54) is 10.0 Å². The summed E-state index contributed by atoms with van der Waals surface area (Å²) in [6, 6.07) is 0. The van der Waals surface area contributed by atoms with Gasteiger partial charge in [-0.25, -0.2) is 19.6 Å². The van der Waals surface area contributed by atoms with Crippen LogP contribution in [0, 0.1) is 5.92 Å². The van der Waals surface area contributed by atoms with Crippen molar-refractivity contribution < 1.29 is 28.6 Å². The quantitative estimate of drug-likeness (QED) is 0.429. The first-order valence-electron chi connectivity index (χ1n) is 11.7. The standard InChI is InChI=1S/C23H44N4O6/c1-21(2,3)31-18(28)17-13-11-10-12-15-26(19(29)32-22(4,5)6)24-25-27(16-14-17)20(30)33-23(7,8)9/h17,24-25H,10-16H2,1-9H3. The molecule has 1 saturated heterocycles. The lowest BCUT2D eigenvalue weighted by molar-refractivity contribution is -0.160. The highest BCUT2D eigenvalue weighted by Gasteiger charge is 2.30. The number of esters is 1. The highest BCUT2D eigenvalue weighted by molar-refractivity contribution is 5.73. The van der Waals surface area contributed by atoms with Gasteiger partial charge in [0.2, 0.25) is 0 Å². The Hall–Kier alpha value is -2.07. The summed E-state index contributed by atoms with van der Waals surface area (Å²) in [4.78, 5) is 38.2. The van der Waals surface area contributed by atoms with Crippen LogP contribution in [0.15, 0.2) is 0 Å². The number of hydrogen-bond donors (Lipinski definition) is 2. The molecule has 0 aromatic carbocycles. The Balaban J connectivity index is 3.01. The highest BCUT2D eigenvalue weighted by atomic mass is 16.6. The van der Waals surface area contributed by atoms with Crippen LogP contribution in [0.5, 0.6) is 0 Å². The van der Waals surface area contributed by atoms with Gasteiger partial charge in [0.25, 0.3) is 0 Å². The fourth-order valence-corrected chi connectivity index (χ4v) is 3.03. The van der Waals surface area contributed by atoms with Gasteiger partial charge in [-0.15, -0.1) is 11.1 Å². The Labute approximate surface area is 198 Å². The summed E-state index contributed by atoms with van der Waals surface area (Å²) in [5.41, 5.74) is 3.59. The van der Waals surface area contributed by atoms with Gasteiger partial charge in [0.15, 0.2) is 0 Å². The van der Waals surface area contributed by atoms with Crippen LogP contribution in [0.25, 0.3) is 0 Å². The zero-order chi connectivity index (χ0) is 25.4. The molecule has 1 rings (SSSR count). The van der Waals surface area contributed by atoms with Crippen LogP contribution >= 0.6 is 0 Å². The molecule has 0 bridgehead atoms. The summed E-state index contributed by atoms with van der Waals surface area (Å²) in [7, 11) is 0. The largest absolute Gasteiger partial charge is 0.460 e. The topological polar surface area (TPSA) is 109 Å². The molecule has 0 aromatic rings. The van der Waals surface area contributed by atoms with Gasteiger partial charge in [-0.1, -0.05) is 12.8 Å². The maximum Gasteiger partial charge on any atom is 0.425 e. The Bertz CT molecular complexity index is 621.